The lowest BCUT2D eigenvalue weighted by Gasteiger charge is -2.21. The monoisotopic (exact) mass is 1550 g/mol. The molecule has 568 valence electrons. The molecule has 17 aromatic carbocycles. The molecule has 0 bridgehead atoms. The van der Waals surface area contributed by atoms with Crippen molar-refractivity contribution in [3.8, 4) is 135 Å². The van der Waals surface area contributed by atoms with Gasteiger partial charge in [0.2, 0.25) is 0 Å². The molecule has 6 aromatic heterocycles. The van der Waals surface area contributed by atoms with E-state index in [1.54, 1.807) is 0 Å². The second-order valence-electron chi connectivity index (χ2n) is 31.6. The molecule has 0 spiro atoms. The van der Waals surface area contributed by atoms with Crippen LogP contribution in [0.4, 0.5) is 0 Å². The Morgan fingerprint density at radius 1 is 0.207 bits per heavy atom. The fraction of sp³-hybridized carbons (Fsp3) is 0.0270. The van der Waals surface area contributed by atoms with E-state index >= 15 is 0 Å². The second-order valence-corrected chi connectivity index (χ2v) is 31.6. The average Bonchev–Trinajstić information content (AvgIpc) is 1.57. The van der Waals surface area contributed by atoms with Crippen LogP contribution >= 0.6 is 0 Å². The van der Waals surface area contributed by atoms with Gasteiger partial charge in [0.1, 0.15) is 11.2 Å². The lowest BCUT2D eigenvalue weighted by atomic mass is 9.82. The Labute approximate surface area is 697 Å². The Morgan fingerprint density at radius 3 is 0.975 bits per heavy atom. The molecular formula is C111H72N8O2. The average molecular weight is 1550 g/mol. The Kier molecular flexibility index (Phi) is 16.7. The molecule has 0 saturated carbocycles. The van der Waals surface area contributed by atoms with Crippen LogP contribution in [0.1, 0.15) is 25.0 Å². The van der Waals surface area contributed by atoms with Gasteiger partial charge < -0.3 is 18.0 Å². The zero-order valence-electron chi connectivity index (χ0n) is 66.0. The fourth-order valence-corrected chi connectivity index (χ4v) is 18.2. The van der Waals surface area contributed by atoms with Gasteiger partial charge in [-0.3, -0.25) is 0 Å². The first-order chi connectivity index (χ1) is 59.7. The van der Waals surface area contributed by atoms with Crippen LogP contribution in [0.2, 0.25) is 0 Å². The summed E-state index contributed by atoms with van der Waals surface area (Å²) in [6.45, 7) is 4.59. The Morgan fingerprint density at radius 2 is 0.512 bits per heavy atom. The Balaban J connectivity index is 0.000000145. The molecule has 0 saturated heterocycles. The summed E-state index contributed by atoms with van der Waals surface area (Å²) in [6.07, 6.45) is 0. The van der Waals surface area contributed by atoms with Crippen molar-refractivity contribution in [3.63, 3.8) is 0 Å². The van der Waals surface area contributed by atoms with Crippen molar-refractivity contribution in [2.75, 3.05) is 0 Å². The van der Waals surface area contributed by atoms with Crippen LogP contribution in [-0.4, -0.2) is 39.0 Å². The summed E-state index contributed by atoms with van der Waals surface area (Å²) in [5.41, 5.74) is 29.4. The summed E-state index contributed by atoms with van der Waals surface area (Å²) in [5.74, 6) is 3.63. The quantitative estimate of drug-likeness (QED) is 0.119. The minimum atomic E-state index is -0.135. The molecule has 10 nitrogen and oxygen atoms in total. The van der Waals surface area contributed by atoms with Gasteiger partial charge in [0, 0.05) is 93.3 Å². The third-order valence-electron chi connectivity index (χ3n) is 24.1. The third kappa shape index (κ3) is 12.2. The molecule has 1 aliphatic rings. The van der Waals surface area contributed by atoms with E-state index in [1.165, 1.54) is 49.7 Å². The molecule has 0 fully saturated rings. The highest BCUT2D eigenvalue weighted by Gasteiger charge is 2.36. The van der Waals surface area contributed by atoms with Gasteiger partial charge in [-0.1, -0.05) is 317 Å². The second kappa shape index (κ2) is 28.7. The summed E-state index contributed by atoms with van der Waals surface area (Å²) in [5, 5.41) is 8.85. The summed E-state index contributed by atoms with van der Waals surface area (Å²) in [7, 11) is 0. The standard InChI is InChI=1S/C63H40N4O.C48H32N4O/c1-4-15-41(16-5-1)45-21-12-22-46(37-45)44-29-32-52(33-30-44)67-57-28-11-10-27-53(57)55-35-36-56-54-34-31-51(40-58(54)68-60(56)59(55)67)63-65-61(49-25-13-23-47(38-49)42-17-6-2-7-18-42)64-62(66-63)50-26-14-24-48(39-50)43-19-8-3-9-20-43;1-48(2)39-19-11-9-17-33(39)34-23-21-30(27-40(34)48)46-49-45(29-13-5-3-6-14-29)50-47(51-46)31-22-24-36-38-26-25-37-35-18-10-12-20-41(35)52(32-15-7-4-8-16-32)43(37)44(38)53-42(36)28-31/h1-40H;3-28H,1-2H3. The molecule has 10 heteroatoms. The van der Waals surface area contributed by atoms with Crippen molar-refractivity contribution in [1.82, 2.24) is 39.0 Å². The Bertz CT molecular complexity index is 7930. The van der Waals surface area contributed by atoms with Gasteiger partial charge in [-0.05, 0) is 164 Å². The van der Waals surface area contributed by atoms with Crippen LogP contribution in [0.15, 0.2) is 409 Å². The van der Waals surface area contributed by atoms with E-state index in [4.69, 9.17) is 38.7 Å². The molecule has 121 heavy (non-hydrogen) atoms. The largest absolute Gasteiger partial charge is 0.454 e. The number of hydrogen-bond acceptors (Lipinski definition) is 8. The van der Waals surface area contributed by atoms with E-state index in [0.717, 1.165) is 149 Å². The maximum absolute atomic E-state index is 7.04. The maximum atomic E-state index is 7.04. The van der Waals surface area contributed by atoms with E-state index < -0.39 is 0 Å². The van der Waals surface area contributed by atoms with Crippen molar-refractivity contribution >= 4 is 87.5 Å². The molecule has 0 aliphatic heterocycles. The lowest BCUT2D eigenvalue weighted by Crippen LogP contribution is -2.15. The summed E-state index contributed by atoms with van der Waals surface area (Å²) in [4.78, 5) is 30.8. The van der Waals surface area contributed by atoms with E-state index in [1.807, 2.05) is 42.5 Å². The van der Waals surface area contributed by atoms with Gasteiger partial charge in [0.25, 0.3) is 0 Å². The zero-order chi connectivity index (χ0) is 80.2. The predicted octanol–water partition coefficient (Wildman–Crippen LogP) is 28.7. The summed E-state index contributed by atoms with van der Waals surface area (Å²) >= 11 is 0. The summed E-state index contributed by atoms with van der Waals surface area (Å²) < 4.78 is 18.6. The van der Waals surface area contributed by atoms with Crippen LogP contribution < -0.4 is 0 Å². The lowest BCUT2D eigenvalue weighted by molar-refractivity contribution is 0.660. The summed E-state index contributed by atoms with van der Waals surface area (Å²) in [6, 6.07) is 140. The maximum Gasteiger partial charge on any atom is 0.164 e. The number of hydrogen-bond donors (Lipinski definition) is 0. The van der Waals surface area contributed by atoms with Gasteiger partial charge in [0.05, 0.1) is 22.1 Å². The highest BCUT2D eigenvalue weighted by molar-refractivity contribution is 6.23. The van der Waals surface area contributed by atoms with Crippen molar-refractivity contribution in [2.45, 2.75) is 19.3 Å². The van der Waals surface area contributed by atoms with Gasteiger partial charge in [0.15, 0.2) is 46.1 Å². The molecule has 1 aliphatic carbocycles. The third-order valence-corrected chi connectivity index (χ3v) is 24.1. The van der Waals surface area contributed by atoms with Gasteiger partial charge in [-0.15, -0.1) is 0 Å². The number of rotatable bonds is 12. The molecule has 23 aromatic rings. The van der Waals surface area contributed by atoms with Crippen LogP contribution in [0.25, 0.3) is 223 Å². The van der Waals surface area contributed by atoms with Crippen molar-refractivity contribution in [3.05, 3.63) is 412 Å². The first-order valence-corrected chi connectivity index (χ1v) is 40.9. The van der Waals surface area contributed by atoms with E-state index in [9.17, 15) is 0 Å². The molecule has 0 unspecified atom stereocenters. The predicted molar refractivity (Wildman–Crippen MR) is 495 cm³/mol. The minimum Gasteiger partial charge on any atom is -0.454 e. The van der Waals surface area contributed by atoms with Crippen molar-refractivity contribution in [1.29, 1.82) is 0 Å². The number of benzene rings is 17. The zero-order valence-corrected chi connectivity index (χ0v) is 66.0. The van der Waals surface area contributed by atoms with E-state index in [-0.39, 0.29) is 5.41 Å². The SMILES string of the molecule is CC1(C)c2ccccc2-c2ccc(-c3nc(-c4ccccc4)nc(-c4ccc5c(c4)oc4c5ccc5c6ccccc6n(-c6ccccc6)c54)n3)cc21.c1ccc(-c2cccc(-c3ccc(-n4c5ccccc5c5ccc6c7ccc(-c8nc(-c9cccc(-c%10ccccc%10)c9)nc(-c9cccc(-c%10ccccc%10)c9)n8)cc7oc6c54)cc3)c2)cc1. The first-order valence-electron chi connectivity index (χ1n) is 40.9. The van der Waals surface area contributed by atoms with Gasteiger partial charge in [-0.2, -0.15) is 0 Å². The normalized spacial score (nSPS) is 12.3. The van der Waals surface area contributed by atoms with Crippen LogP contribution in [0.5, 0.6) is 0 Å². The number of furan rings is 2. The molecule has 0 atom stereocenters. The number of para-hydroxylation sites is 3. The highest BCUT2D eigenvalue weighted by atomic mass is 16.3. The molecule has 24 rings (SSSR count). The van der Waals surface area contributed by atoms with Crippen LogP contribution in [0.3, 0.4) is 0 Å². The number of aromatic nitrogens is 8. The molecule has 0 radical (unpaired) electrons. The molecule has 6 heterocycles. The van der Waals surface area contributed by atoms with E-state index in [0.29, 0.717) is 34.9 Å². The minimum absolute atomic E-state index is 0.135. The van der Waals surface area contributed by atoms with E-state index in [2.05, 4.69) is 381 Å². The van der Waals surface area contributed by atoms with Gasteiger partial charge in [-0.25, -0.2) is 29.9 Å². The number of nitrogens with zero attached hydrogens (tertiary/aromatic N) is 8. The van der Waals surface area contributed by atoms with Crippen molar-refractivity contribution < 1.29 is 8.83 Å². The number of fused-ring (bicyclic) bond motifs is 17. The molecule has 0 N–H and O–H groups in total. The molecular weight excluding hydrogens is 1480 g/mol. The first kappa shape index (κ1) is 70.4. The molecule has 0 amide bonds. The van der Waals surface area contributed by atoms with Crippen LogP contribution in [0, 0.1) is 0 Å². The fourth-order valence-electron chi connectivity index (χ4n) is 18.2. The van der Waals surface area contributed by atoms with Gasteiger partial charge >= 0.3 is 0 Å². The smallest absolute Gasteiger partial charge is 0.164 e. The van der Waals surface area contributed by atoms with Crippen LogP contribution in [-0.2, 0) is 5.41 Å². The highest BCUT2D eigenvalue weighted by Crippen LogP contribution is 2.51. The Hall–Kier alpha value is -16.0. The van der Waals surface area contributed by atoms with Crippen molar-refractivity contribution in [2.24, 2.45) is 0 Å². The topological polar surface area (TPSA) is 113 Å².